The van der Waals surface area contributed by atoms with E-state index in [1.807, 2.05) is 13.0 Å². The number of hydrogen-bond donors (Lipinski definition) is 2. The van der Waals surface area contributed by atoms with Crippen molar-refractivity contribution in [3.8, 4) is 0 Å². The van der Waals surface area contributed by atoms with E-state index in [0.29, 0.717) is 19.0 Å². The fraction of sp³-hybridized carbons (Fsp3) is 0.667. The van der Waals surface area contributed by atoms with E-state index in [2.05, 4.69) is 23.7 Å². The summed E-state index contributed by atoms with van der Waals surface area (Å²) in [5, 5.41) is 11.0. The highest BCUT2D eigenvalue weighted by Gasteiger charge is 2.40. The summed E-state index contributed by atoms with van der Waals surface area (Å²) in [4.78, 5) is 6.43. The predicted molar refractivity (Wildman–Crippen MR) is 79.4 cm³/mol. The van der Waals surface area contributed by atoms with Crippen LogP contribution in [0.1, 0.15) is 37.5 Å². The van der Waals surface area contributed by atoms with Gasteiger partial charge in [-0.05, 0) is 31.9 Å². The number of nitrogens with two attached hydrogens (primary N) is 1. The Morgan fingerprint density at radius 1 is 1.50 bits per heavy atom. The van der Waals surface area contributed by atoms with Crippen LogP contribution in [0.3, 0.4) is 0 Å². The van der Waals surface area contributed by atoms with Gasteiger partial charge in [0, 0.05) is 30.4 Å². The van der Waals surface area contributed by atoms with E-state index >= 15 is 0 Å². The van der Waals surface area contributed by atoms with E-state index in [-0.39, 0.29) is 5.54 Å². The molecule has 5 heteroatoms. The van der Waals surface area contributed by atoms with E-state index in [9.17, 15) is 5.11 Å². The van der Waals surface area contributed by atoms with Gasteiger partial charge in [0.25, 0.3) is 0 Å². The van der Waals surface area contributed by atoms with Crippen LogP contribution >= 0.6 is 0 Å². The van der Waals surface area contributed by atoms with E-state index in [1.165, 1.54) is 0 Å². The molecule has 0 bridgehead atoms. The molecule has 1 aromatic rings. The van der Waals surface area contributed by atoms with Crippen molar-refractivity contribution in [3.63, 3.8) is 0 Å². The topological polar surface area (TPSA) is 71.6 Å². The van der Waals surface area contributed by atoms with Gasteiger partial charge in [0.15, 0.2) is 0 Å². The molecular formula is C15H25N3O2. The van der Waals surface area contributed by atoms with Crippen LogP contribution in [-0.4, -0.2) is 46.8 Å². The van der Waals surface area contributed by atoms with E-state index in [1.54, 1.807) is 6.20 Å². The Balaban J connectivity index is 2.34. The Labute approximate surface area is 120 Å². The number of rotatable bonds is 4. The minimum atomic E-state index is -0.653. The molecule has 0 aromatic carbocycles. The second-order valence-corrected chi connectivity index (χ2v) is 5.64. The van der Waals surface area contributed by atoms with Crippen LogP contribution in [0.25, 0.3) is 0 Å². The van der Waals surface area contributed by atoms with Gasteiger partial charge in [-0.25, -0.2) is 4.98 Å². The number of aliphatic hydroxyl groups excluding tert-OH is 1. The first-order chi connectivity index (χ1) is 9.50. The monoisotopic (exact) mass is 279 g/mol. The lowest BCUT2D eigenvalue weighted by Gasteiger charge is -2.46. The molecule has 0 aliphatic carbocycles. The van der Waals surface area contributed by atoms with Gasteiger partial charge in [0.1, 0.15) is 11.9 Å². The fourth-order valence-electron chi connectivity index (χ4n) is 2.92. The summed E-state index contributed by atoms with van der Waals surface area (Å²) in [5.41, 5.74) is 7.37. The molecule has 1 saturated heterocycles. The number of ether oxygens (including phenoxy) is 1. The van der Waals surface area contributed by atoms with Gasteiger partial charge in [-0.15, -0.1) is 0 Å². The van der Waals surface area contributed by atoms with Crippen molar-refractivity contribution in [2.24, 2.45) is 0 Å². The Morgan fingerprint density at radius 2 is 2.15 bits per heavy atom. The number of nitrogens with zero attached hydrogens (tertiary/aromatic N) is 2. The molecule has 1 fully saturated rings. The first-order valence-corrected chi connectivity index (χ1v) is 7.22. The summed E-state index contributed by atoms with van der Waals surface area (Å²) in [6, 6.07) is 1.89. The van der Waals surface area contributed by atoms with Crippen LogP contribution < -0.4 is 5.73 Å². The molecule has 2 unspecified atom stereocenters. The Morgan fingerprint density at radius 3 is 2.70 bits per heavy atom. The van der Waals surface area contributed by atoms with Gasteiger partial charge < -0.3 is 15.6 Å². The molecule has 0 radical (unpaired) electrons. The Hall–Kier alpha value is -1.17. The second-order valence-electron chi connectivity index (χ2n) is 5.64. The maximum absolute atomic E-state index is 11.0. The van der Waals surface area contributed by atoms with Gasteiger partial charge in [-0.1, -0.05) is 6.92 Å². The highest BCUT2D eigenvalue weighted by Crippen LogP contribution is 2.37. The van der Waals surface area contributed by atoms with Gasteiger partial charge in [-0.2, -0.15) is 0 Å². The van der Waals surface area contributed by atoms with Crippen molar-refractivity contribution in [2.45, 2.75) is 38.8 Å². The molecule has 3 N–H and O–H groups in total. The molecule has 0 spiro atoms. The molecule has 0 saturated carbocycles. The summed E-state index contributed by atoms with van der Waals surface area (Å²) in [5.74, 6) is 0.422. The molecule has 5 nitrogen and oxygen atoms in total. The number of pyridine rings is 1. The Bertz CT molecular complexity index is 440. The van der Waals surface area contributed by atoms with Crippen molar-refractivity contribution < 1.29 is 9.84 Å². The van der Waals surface area contributed by atoms with Crippen LogP contribution in [0.4, 0.5) is 5.82 Å². The lowest BCUT2D eigenvalue weighted by Crippen LogP contribution is -2.54. The van der Waals surface area contributed by atoms with Crippen molar-refractivity contribution in [1.29, 1.82) is 0 Å². The van der Waals surface area contributed by atoms with Crippen LogP contribution in [0.2, 0.25) is 0 Å². The van der Waals surface area contributed by atoms with Crippen molar-refractivity contribution in [1.82, 2.24) is 9.88 Å². The summed E-state index contributed by atoms with van der Waals surface area (Å²) >= 11 is 0. The molecule has 2 rings (SSSR count). The fourth-order valence-corrected chi connectivity index (χ4v) is 2.92. The van der Waals surface area contributed by atoms with E-state index in [0.717, 1.165) is 30.6 Å². The first-order valence-electron chi connectivity index (χ1n) is 7.22. The molecular weight excluding hydrogens is 254 g/mol. The number of aromatic nitrogens is 1. The molecule has 2 atom stereocenters. The number of anilines is 1. The average molecular weight is 279 g/mol. The maximum Gasteiger partial charge on any atom is 0.129 e. The third kappa shape index (κ3) is 2.66. The summed E-state index contributed by atoms with van der Waals surface area (Å²) < 4.78 is 5.41. The highest BCUT2D eigenvalue weighted by molar-refractivity contribution is 5.46. The van der Waals surface area contributed by atoms with Gasteiger partial charge >= 0.3 is 0 Å². The number of aliphatic hydroxyl groups is 1. The number of hydrogen-bond acceptors (Lipinski definition) is 5. The third-order valence-corrected chi connectivity index (χ3v) is 4.55. The molecule has 2 heterocycles. The van der Waals surface area contributed by atoms with Gasteiger partial charge in [0.2, 0.25) is 0 Å². The molecule has 20 heavy (non-hydrogen) atoms. The Kier molecular flexibility index (Phi) is 4.62. The maximum atomic E-state index is 11.0. The summed E-state index contributed by atoms with van der Waals surface area (Å²) in [7, 11) is 0. The average Bonchev–Trinajstić information content (AvgIpc) is 2.47. The van der Waals surface area contributed by atoms with E-state index < -0.39 is 6.10 Å². The van der Waals surface area contributed by atoms with Crippen molar-refractivity contribution in [3.05, 3.63) is 23.4 Å². The van der Waals surface area contributed by atoms with Crippen molar-refractivity contribution in [2.75, 3.05) is 32.0 Å². The SMILES string of the molecule is CCC(C)(C(O)c1c(C)ccnc1N)N1CCOCC1. The molecule has 112 valence electrons. The smallest absolute Gasteiger partial charge is 0.129 e. The van der Waals surface area contributed by atoms with Gasteiger partial charge in [0.05, 0.1) is 13.2 Å². The standard InChI is InChI=1S/C15H25N3O2/c1-4-15(3,18-7-9-20-10-8-18)13(19)12-11(2)5-6-17-14(12)16/h5-6,13,19H,4,7-10H2,1-3H3,(H2,16,17). The number of nitrogen functional groups attached to an aromatic ring is 1. The molecule has 1 aliphatic rings. The lowest BCUT2D eigenvalue weighted by atomic mass is 9.83. The van der Waals surface area contributed by atoms with Crippen molar-refractivity contribution >= 4 is 5.82 Å². The van der Waals surface area contributed by atoms with Crippen LogP contribution in [-0.2, 0) is 4.74 Å². The normalized spacial score (nSPS) is 21.4. The quantitative estimate of drug-likeness (QED) is 0.874. The lowest BCUT2D eigenvalue weighted by molar-refractivity contribution is -0.0734. The van der Waals surface area contributed by atoms with Crippen LogP contribution in [0.5, 0.6) is 0 Å². The molecule has 1 aromatic heterocycles. The highest BCUT2D eigenvalue weighted by atomic mass is 16.5. The van der Waals surface area contributed by atoms with E-state index in [4.69, 9.17) is 10.5 Å². The van der Waals surface area contributed by atoms with Gasteiger partial charge in [-0.3, -0.25) is 4.90 Å². The molecule has 1 aliphatic heterocycles. The zero-order valence-corrected chi connectivity index (χ0v) is 12.6. The predicted octanol–water partition coefficient (Wildman–Crippen LogP) is 1.51. The number of morpholine rings is 1. The third-order valence-electron chi connectivity index (χ3n) is 4.55. The zero-order valence-electron chi connectivity index (χ0n) is 12.6. The molecule has 0 amide bonds. The largest absolute Gasteiger partial charge is 0.386 e. The second kappa shape index (κ2) is 6.08. The number of aryl methyl sites for hydroxylation is 1. The van der Waals surface area contributed by atoms with Crippen LogP contribution in [0, 0.1) is 6.92 Å². The minimum Gasteiger partial charge on any atom is -0.386 e. The zero-order chi connectivity index (χ0) is 14.8. The minimum absolute atomic E-state index is 0.355. The summed E-state index contributed by atoms with van der Waals surface area (Å²) in [6.45, 7) is 9.25. The first kappa shape index (κ1) is 15.2. The summed E-state index contributed by atoms with van der Waals surface area (Å²) in [6.07, 6.45) is 1.86. The van der Waals surface area contributed by atoms with Crippen LogP contribution in [0.15, 0.2) is 12.3 Å².